The second-order valence-corrected chi connectivity index (χ2v) is 4.23. The van der Waals surface area contributed by atoms with Crippen LogP contribution < -0.4 is 5.73 Å². The van der Waals surface area contributed by atoms with Gasteiger partial charge < -0.3 is 10.5 Å². The molecule has 2 N–H and O–H groups in total. The van der Waals surface area contributed by atoms with E-state index < -0.39 is 0 Å². The van der Waals surface area contributed by atoms with Gasteiger partial charge in [0.05, 0.1) is 12.1 Å². The molecule has 0 saturated carbocycles. The second-order valence-electron chi connectivity index (χ2n) is 2.29. The van der Waals surface area contributed by atoms with Gasteiger partial charge in [-0.1, -0.05) is 11.8 Å². The summed E-state index contributed by atoms with van der Waals surface area (Å²) < 4.78 is 4.87. The van der Waals surface area contributed by atoms with E-state index in [1.807, 2.05) is 5.38 Å². The lowest BCUT2D eigenvalue weighted by Gasteiger charge is -2.09. The monoisotopic (exact) mass is 218 g/mol. The van der Waals surface area contributed by atoms with Gasteiger partial charge in [-0.05, 0) is 0 Å². The highest BCUT2D eigenvalue weighted by Gasteiger charge is 2.17. The lowest BCUT2D eigenvalue weighted by molar-refractivity contribution is -0.118. The summed E-state index contributed by atoms with van der Waals surface area (Å²) >= 11 is 2.81. The smallest absolute Gasteiger partial charge is 0.233 e. The number of ether oxygens (including phenoxy) is 1. The third-order valence-corrected chi connectivity index (χ3v) is 3.16. The van der Waals surface area contributed by atoms with Crippen molar-refractivity contribution in [1.82, 2.24) is 4.98 Å². The highest BCUT2D eigenvalue weighted by Crippen LogP contribution is 2.22. The van der Waals surface area contributed by atoms with Crippen molar-refractivity contribution in [3.8, 4) is 0 Å². The Morgan fingerprint density at radius 3 is 3.15 bits per heavy atom. The van der Waals surface area contributed by atoms with Crippen molar-refractivity contribution in [3.63, 3.8) is 0 Å². The lowest BCUT2D eigenvalue weighted by atomic mass is 10.4. The third kappa shape index (κ3) is 3.33. The largest absolute Gasteiger partial charge is 0.383 e. The first-order valence-corrected chi connectivity index (χ1v) is 5.39. The fourth-order valence-electron chi connectivity index (χ4n) is 0.731. The number of thiazole rings is 1. The normalized spacial score (nSPS) is 12.7. The SMILES string of the molecule is COCC(Sc1cscn1)C(N)=O. The van der Waals surface area contributed by atoms with Gasteiger partial charge in [-0.15, -0.1) is 11.3 Å². The lowest BCUT2D eigenvalue weighted by Crippen LogP contribution is -2.29. The molecule has 1 unspecified atom stereocenters. The van der Waals surface area contributed by atoms with Crippen LogP contribution in [0.4, 0.5) is 0 Å². The molecule has 72 valence electrons. The molecule has 1 heterocycles. The first-order chi connectivity index (χ1) is 6.24. The molecule has 1 rings (SSSR count). The van der Waals surface area contributed by atoms with Crippen molar-refractivity contribution < 1.29 is 9.53 Å². The number of primary amides is 1. The molecule has 0 aliphatic rings. The molecule has 4 nitrogen and oxygen atoms in total. The van der Waals surface area contributed by atoms with Crippen LogP contribution in [0.1, 0.15) is 0 Å². The van der Waals surface area contributed by atoms with Gasteiger partial charge in [-0.3, -0.25) is 4.79 Å². The van der Waals surface area contributed by atoms with Crippen molar-refractivity contribution >= 4 is 29.0 Å². The third-order valence-electron chi connectivity index (χ3n) is 1.31. The Hall–Kier alpha value is -0.590. The minimum absolute atomic E-state index is 0.317. The summed E-state index contributed by atoms with van der Waals surface area (Å²) in [5, 5.41) is 2.33. The number of hydrogen-bond donors (Lipinski definition) is 1. The van der Waals surface area contributed by atoms with Crippen molar-refractivity contribution in [2.24, 2.45) is 5.73 Å². The molecule has 13 heavy (non-hydrogen) atoms. The van der Waals surface area contributed by atoms with Crippen LogP contribution >= 0.6 is 23.1 Å². The molecule has 0 aromatic carbocycles. The zero-order valence-corrected chi connectivity index (χ0v) is 8.73. The summed E-state index contributed by atoms with van der Waals surface area (Å²) in [5.41, 5.74) is 6.89. The van der Waals surface area contributed by atoms with Gasteiger partial charge in [0.1, 0.15) is 10.3 Å². The number of nitrogens with two attached hydrogens (primary N) is 1. The van der Waals surface area contributed by atoms with E-state index in [4.69, 9.17) is 10.5 Å². The number of amides is 1. The molecule has 6 heteroatoms. The van der Waals surface area contributed by atoms with Crippen LogP contribution in [-0.4, -0.2) is 29.9 Å². The fourth-order valence-corrected chi connectivity index (χ4v) is 2.32. The maximum absolute atomic E-state index is 10.9. The van der Waals surface area contributed by atoms with Crippen LogP contribution in [-0.2, 0) is 9.53 Å². The molecule has 1 amide bonds. The fraction of sp³-hybridized carbons (Fsp3) is 0.429. The van der Waals surface area contributed by atoms with Crippen LogP contribution in [0.5, 0.6) is 0 Å². The Bertz CT molecular complexity index is 263. The molecule has 0 saturated heterocycles. The number of carbonyl (C=O) groups excluding carboxylic acids is 1. The average molecular weight is 218 g/mol. The minimum Gasteiger partial charge on any atom is -0.383 e. The Labute approximate surface area is 84.5 Å². The predicted molar refractivity (Wildman–Crippen MR) is 52.8 cm³/mol. The summed E-state index contributed by atoms with van der Waals surface area (Å²) in [7, 11) is 1.54. The molecular weight excluding hydrogens is 208 g/mol. The zero-order chi connectivity index (χ0) is 9.68. The van der Waals surface area contributed by atoms with Crippen molar-refractivity contribution in [2.75, 3.05) is 13.7 Å². The van der Waals surface area contributed by atoms with E-state index in [1.165, 1.54) is 30.2 Å². The van der Waals surface area contributed by atoms with Gasteiger partial charge in [0, 0.05) is 12.5 Å². The Kier molecular flexibility index (Phi) is 4.20. The van der Waals surface area contributed by atoms with Gasteiger partial charge in [-0.25, -0.2) is 4.98 Å². The number of hydrogen-bond acceptors (Lipinski definition) is 5. The number of aromatic nitrogens is 1. The average Bonchev–Trinajstić information content (AvgIpc) is 2.56. The zero-order valence-electron chi connectivity index (χ0n) is 7.10. The summed E-state index contributed by atoms with van der Waals surface area (Å²) in [4.78, 5) is 15.0. The molecule has 0 aliphatic carbocycles. The number of carbonyl (C=O) groups is 1. The number of thioether (sulfide) groups is 1. The highest BCUT2D eigenvalue weighted by atomic mass is 32.2. The summed E-state index contributed by atoms with van der Waals surface area (Å²) in [6, 6.07) is 0. The second kappa shape index (κ2) is 5.21. The molecule has 0 aliphatic heterocycles. The molecule has 0 spiro atoms. The summed E-state index contributed by atoms with van der Waals surface area (Å²) in [6.45, 7) is 0.317. The van der Waals surface area contributed by atoms with E-state index in [9.17, 15) is 4.79 Å². The Balaban J connectivity index is 2.52. The summed E-state index contributed by atoms with van der Waals surface area (Å²) in [5.74, 6) is -0.375. The van der Waals surface area contributed by atoms with Gasteiger partial charge in [0.15, 0.2) is 0 Å². The van der Waals surface area contributed by atoms with Gasteiger partial charge >= 0.3 is 0 Å². The molecule has 1 aromatic heterocycles. The molecule has 0 fully saturated rings. The number of methoxy groups -OCH3 is 1. The van der Waals surface area contributed by atoms with Gasteiger partial charge in [0.2, 0.25) is 5.91 Å². The molecular formula is C7H10N2O2S2. The number of rotatable bonds is 5. The van der Waals surface area contributed by atoms with Crippen LogP contribution in [0.25, 0.3) is 0 Å². The quantitative estimate of drug-likeness (QED) is 0.740. The first-order valence-electron chi connectivity index (χ1n) is 3.57. The van der Waals surface area contributed by atoms with Crippen LogP contribution in [0.15, 0.2) is 15.9 Å². The predicted octanol–water partition coefficient (Wildman–Crippen LogP) is 0.735. The van der Waals surface area contributed by atoms with Crippen LogP contribution in [0.3, 0.4) is 0 Å². The maximum atomic E-state index is 10.9. The van der Waals surface area contributed by atoms with E-state index in [-0.39, 0.29) is 11.2 Å². The standard InChI is InChI=1S/C7H10N2O2S2/c1-11-2-5(7(8)10)13-6-3-12-4-9-6/h3-5H,2H2,1H3,(H2,8,10). The molecule has 1 atom stereocenters. The highest BCUT2D eigenvalue weighted by molar-refractivity contribution is 8.00. The van der Waals surface area contributed by atoms with E-state index >= 15 is 0 Å². The van der Waals surface area contributed by atoms with Crippen molar-refractivity contribution in [2.45, 2.75) is 10.3 Å². The molecule has 1 aromatic rings. The van der Waals surface area contributed by atoms with Crippen LogP contribution in [0.2, 0.25) is 0 Å². The first kappa shape index (κ1) is 10.5. The topological polar surface area (TPSA) is 65.2 Å². The molecule has 0 radical (unpaired) electrons. The van der Waals surface area contributed by atoms with Gasteiger partial charge in [-0.2, -0.15) is 0 Å². The molecule has 0 bridgehead atoms. The Morgan fingerprint density at radius 1 is 1.92 bits per heavy atom. The van der Waals surface area contributed by atoms with Crippen molar-refractivity contribution in [3.05, 3.63) is 10.9 Å². The van der Waals surface area contributed by atoms with E-state index in [0.717, 1.165) is 5.03 Å². The van der Waals surface area contributed by atoms with E-state index in [2.05, 4.69) is 4.98 Å². The minimum atomic E-state index is -0.375. The maximum Gasteiger partial charge on any atom is 0.233 e. The van der Waals surface area contributed by atoms with Crippen LogP contribution in [0, 0.1) is 0 Å². The van der Waals surface area contributed by atoms with Crippen molar-refractivity contribution in [1.29, 1.82) is 0 Å². The summed E-state index contributed by atoms with van der Waals surface area (Å²) in [6.07, 6.45) is 0. The Morgan fingerprint density at radius 2 is 2.69 bits per heavy atom. The number of nitrogens with zero attached hydrogens (tertiary/aromatic N) is 1. The van der Waals surface area contributed by atoms with E-state index in [1.54, 1.807) is 5.51 Å². The van der Waals surface area contributed by atoms with Gasteiger partial charge in [0.25, 0.3) is 0 Å². The van der Waals surface area contributed by atoms with E-state index in [0.29, 0.717) is 6.61 Å².